The summed E-state index contributed by atoms with van der Waals surface area (Å²) >= 11 is 0. The molecule has 4 nitrogen and oxygen atoms in total. The second-order valence-electron chi connectivity index (χ2n) is 5.26. The van der Waals surface area contributed by atoms with Gasteiger partial charge >= 0.3 is 0 Å². The Bertz CT molecular complexity index is 319. The summed E-state index contributed by atoms with van der Waals surface area (Å²) in [6.07, 6.45) is 10.5. The van der Waals surface area contributed by atoms with Crippen molar-refractivity contribution < 1.29 is 4.74 Å². The fourth-order valence-corrected chi connectivity index (χ4v) is 2.85. The van der Waals surface area contributed by atoms with Crippen LogP contribution in [0.2, 0.25) is 0 Å². The van der Waals surface area contributed by atoms with Crippen LogP contribution >= 0.6 is 0 Å². The Balaban J connectivity index is 1.61. The minimum atomic E-state index is 0.635. The predicted octanol–water partition coefficient (Wildman–Crippen LogP) is 2.27. The summed E-state index contributed by atoms with van der Waals surface area (Å²) in [6, 6.07) is 0.635. The molecule has 1 aromatic heterocycles. The fourth-order valence-electron chi connectivity index (χ4n) is 2.85. The number of rotatable bonds is 4. The summed E-state index contributed by atoms with van der Waals surface area (Å²) in [5.41, 5.74) is 0. The number of hydrogen-bond acceptors (Lipinski definition) is 3. The smallest absolute Gasteiger partial charge is 0.202 e. The van der Waals surface area contributed by atoms with Crippen LogP contribution in [-0.4, -0.2) is 28.8 Å². The number of nitrogens with one attached hydrogen (secondary N) is 1. The average Bonchev–Trinajstić information content (AvgIpc) is 3.04. The lowest BCUT2D eigenvalue weighted by molar-refractivity contribution is 0.182. The summed E-state index contributed by atoms with van der Waals surface area (Å²) in [5, 5.41) is 3.57. The van der Waals surface area contributed by atoms with Gasteiger partial charge in [0.15, 0.2) is 0 Å². The minimum absolute atomic E-state index is 0.635. The van der Waals surface area contributed by atoms with Crippen molar-refractivity contribution in [3.63, 3.8) is 0 Å². The Hall–Kier alpha value is -1.03. The second-order valence-corrected chi connectivity index (χ2v) is 5.26. The zero-order valence-electron chi connectivity index (χ0n) is 10.3. The summed E-state index contributed by atoms with van der Waals surface area (Å²) in [6.45, 7) is 2.86. The molecule has 1 N–H and O–H groups in total. The van der Waals surface area contributed by atoms with Crippen LogP contribution in [0.25, 0.3) is 0 Å². The van der Waals surface area contributed by atoms with Gasteiger partial charge in [0, 0.05) is 37.5 Å². The number of ether oxygens (including phenoxy) is 1. The Kier molecular flexibility index (Phi) is 3.31. The standard InChI is InChI=1S/C13H21N3O/c1-2-4-12(3-1)15-13-14-6-7-16(13)9-11-5-8-17-10-11/h6-7,11-12H,1-5,8-10H2,(H,14,15). The molecule has 1 aliphatic heterocycles. The highest BCUT2D eigenvalue weighted by atomic mass is 16.5. The first kappa shape index (κ1) is 11.1. The Morgan fingerprint density at radius 1 is 1.35 bits per heavy atom. The van der Waals surface area contributed by atoms with E-state index in [2.05, 4.69) is 21.1 Å². The predicted molar refractivity (Wildman–Crippen MR) is 67.0 cm³/mol. The maximum absolute atomic E-state index is 5.43. The molecular formula is C13H21N3O. The lowest BCUT2D eigenvalue weighted by Crippen LogP contribution is -2.20. The van der Waals surface area contributed by atoms with Crippen LogP contribution < -0.4 is 5.32 Å². The van der Waals surface area contributed by atoms with E-state index in [1.165, 1.54) is 32.1 Å². The molecule has 1 aromatic rings. The van der Waals surface area contributed by atoms with Crippen molar-refractivity contribution in [1.82, 2.24) is 9.55 Å². The zero-order chi connectivity index (χ0) is 11.5. The third-order valence-corrected chi connectivity index (χ3v) is 3.88. The molecule has 0 aromatic carbocycles. The SMILES string of the molecule is c1cn(CC2CCOC2)c(NC2CCCC2)n1. The maximum Gasteiger partial charge on any atom is 0.202 e. The Morgan fingerprint density at radius 3 is 3.00 bits per heavy atom. The van der Waals surface area contributed by atoms with Crippen LogP contribution in [-0.2, 0) is 11.3 Å². The number of anilines is 1. The molecule has 1 unspecified atom stereocenters. The van der Waals surface area contributed by atoms with E-state index in [1.54, 1.807) is 0 Å². The molecule has 0 spiro atoms. The van der Waals surface area contributed by atoms with Crippen molar-refractivity contribution in [3.8, 4) is 0 Å². The van der Waals surface area contributed by atoms with Gasteiger partial charge in [0.25, 0.3) is 0 Å². The first-order chi connectivity index (χ1) is 8.42. The molecule has 2 heterocycles. The van der Waals surface area contributed by atoms with E-state index >= 15 is 0 Å². The van der Waals surface area contributed by atoms with E-state index in [1.807, 2.05) is 6.20 Å². The van der Waals surface area contributed by atoms with Gasteiger partial charge in [0.2, 0.25) is 5.95 Å². The molecular weight excluding hydrogens is 214 g/mol. The van der Waals surface area contributed by atoms with Gasteiger partial charge in [-0.05, 0) is 19.3 Å². The number of hydrogen-bond donors (Lipinski definition) is 1. The normalized spacial score (nSPS) is 25.5. The van der Waals surface area contributed by atoms with Crippen LogP contribution in [0.15, 0.2) is 12.4 Å². The van der Waals surface area contributed by atoms with Crippen molar-refractivity contribution in [3.05, 3.63) is 12.4 Å². The highest BCUT2D eigenvalue weighted by Crippen LogP contribution is 2.23. The summed E-state index contributed by atoms with van der Waals surface area (Å²) in [4.78, 5) is 4.43. The Morgan fingerprint density at radius 2 is 2.24 bits per heavy atom. The van der Waals surface area contributed by atoms with Gasteiger partial charge < -0.3 is 14.6 Å². The van der Waals surface area contributed by atoms with E-state index < -0.39 is 0 Å². The third kappa shape index (κ3) is 2.63. The fraction of sp³-hybridized carbons (Fsp3) is 0.769. The number of imidazole rings is 1. The average molecular weight is 235 g/mol. The molecule has 1 saturated heterocycles. The molecule has 0 bridgehead atoms. The van der Waals surface area contributed by atoms with Crippen molar-refractivity contribution in [2.75, 3.05) is 18.5 Å². The highest BCUT2D eigenvalue weighted by molar-refractivity contribution is 5.28. The summed E-state index contributed by atoms with van der Waals surface area (Å²) in [7, 11) is 0. The molecule has 94 valence electrons. The lowest BCUT2D eigenvalue weighted by Gasteiger charge is -2.16. The second kappa shape index (κ2) is 5.08. The molecule has 2 fully saturated rings. The third-order valence-electron chi connectivity index (χ3n) is 3.88. The van der Waals surface area contributed by atoms with Gasteiger partial charge in [-0.1, -0.05) is 12.8 Å². The Labute approximate surface area is 102 Å². The molecule has 1 atom stereocenters. The van der Waals surface area contributed by atoms with Crippen molar-refractivity contribution in [2.24, 2.45) is 5.92 Å². The largest absolute Gasteiger partial charge is 0.381 e. The van der Waals surface area contributed by atoms with Crippen molar-refractivity contribution >= 4 is 5.95 Å². The van der Waals surface area contributed by atoms with E-state index in [0.717, 1.165) is 25.7 Å². The molecule has 1 aliphatic carbocycles. The highest BCUT2D eigenvalue weighted by Gasteiger charge is 2.19. The zero-order valence-corrected chi connectivity index (χ0v) is 10.3. The van der Waals surface area contributed by atoms with E-state index in [0.29, 0.717) is 12.0 Å². The van der Waals surface area contributed by atoms with Crippen LogP contribution in [0.5, 0.6) is 0 Å². The number of nitrogens with zero attached hydrogens (tertiary/aromatic N) is 2. The molecule has 3 rings (SSSR count). The minimum Gasteiger partial charge on any atom is -0.381 e. The molecule has 2 aliphatic rings. The molecule has 1 saturated carbocycles. The summed E-state index contributed by atoms with van der Waals surface area (Å²) in [5.74, 6) is 1.71. The van der Waals surface area contributed by atoms with E-state index in [4.69, 9.17) is 4.74 Å². The summed E-state index contributed by atoms with van der Waals surface area (Å²) < 4.78 is 7.67. The maximum atomic E-state index is 5.43. The first-order valence-corrected chi connectivity index (χ1v) is 6.77. The first-order valence-electron chi connectivity index (χ1n) is 6.77. The molecule has 17 heavy (non-hydrogen) atoms. The van der Waals surface area contributed by atoms with E-state index in [9.17, 15) is 0 Å². The molecule has 0 radical (unpaired) electrons. The van der Waals surface area contributed by atoms with Crippen LogP contribution in [0.3, 0.4) is 0 Å². The van der Waals surface area contributed by atoms with Gasteiger partial charge in [-0.15, -0.1) is 0 Å². The van der Waals surface area contributed by atoms with Crippen LogP contribution in [0.4, 0.5) is 5.95 Å². The van der Waals surface area contributed by atoms with Crippen molar-refractivity contribution in [1.29, 1.82) is 0 Å². The van der Waals surface area contributed by atoms with Crippen molar-refractivity contribution in [2.45, 2.75) is 44.7 Å². The number of aromatic nitrogens is 2. The molecule has 0 amide bonds. The van der Waals surface area contributed by atoms with Gasteiger partial charge in [-0.2, -0.15) is 0 Å². The van der Waals surface area contributed by atoms with Gasteiger partial charge in [0.1, 0.15) is 0 Å². The topological polar surface area (TPSA) is 39.1 Å². The van der Waals surface area contributed by atoms with Gasteiger partial charge in [0.05, 0.1) is 6.61 Å². The quantitative estimate of drug-likeness (QED) is 0.870. The van der Waals surface area contributed by atoms with Gasteiger partial charge in [-0.3, -0.25) is 0 Å². The molecule has 4 heteroatoms. The van der Waals surface area contributed by atoms with Crippen LogP contribution in [0, 0.1) is 5.92 Å². The van der Waals surface area contributed by atoms with E-state index in [-0.39, 0.29) is 0 Å². The lowest BCUT2D eigenvalue weighted by atomic mass is 10.1. The monoisotopic (exact) mass is 235 g/mol. The van der Waals surface area contributed by atoms with Crippen LogP contribution in [0.1, 0.15) is 32.1 Å². The van der Waals surface area contributed by atoms with Gasteiger partial charge in [-0.25, -0.2) is 4.98 Å².